The number of hydrogen-bond acceptors (Lipinski definition) is 2. The zero-order valence-corrected chi connectivity index (χ0v) is 7.57. The highest BCUT2D eigenvalue weighted by atomic mass is 19.1. The van der Waals surface area contributed by atoms with Crippen molar-refractivity contribution in [3.63, 3.8) is 0 Å². The summed E-state index contributed by atoms with van der Waals surface area (Å²) in [5.74, 6) is 0.191. The van der Waals surface area contributed by atoms with E-state index < -0.39 is 12.2 Å². The Morgan fingerprint density at radius 2 is 2.23 bits per heavy atom. The lowest BCUT2D eigenvalue weighted by molar-refractivity contribution is 0.304. The van der Waals surface area contributed by atoms with Crippen molar-refractivity contribution < 1.29 is 9.50 Å². The molecular formula is C10H14FNO. The third-order valence-electron chi connectivity index (χ3n) is 1.97. The molecule has 2 unspecified atom stereocenters. The number of aromatic hydroxyl groups is 1. The van der Waals surface area contributed by atoms with Gasteiger partial charge in [0.05, 0.1) is 0 Å². The number of hydrogen-bond donors (Lipinski definition) is 2. The van der Waals surface area contributed by atoms with Gasteiger partial charge in [0.25, 0.3) is 0 Å². The van der Waals surface area contributed by atoms with Gasteiger partial charge in [-0.15, -0.1) is 0 Å². The molecule has 2 nitrogen and oxygen atoms in total. The molecule has 0 saturated heterocycles. The van der Waals surface area contributed by atoms with E-state index in [0.717, 1.165) is 5.56 Å². The predicted molar refractivity (Wildman–Crippen MR) is 50.4 cm³/mol. The first-order valence-corrected chi connectivity index (χ1v) is 4.27. The summed E-state index contributed by atoms with van der Waals surface area (Å²) < 4.78 is 12.7. The van der Waals surface area contributed by atoms with Crippen LogP contribution in [0.15, 0.2) is 24.3 Å². The second-order valence-corrected chi connectivity index (χ2v) is 3.22. The largest absolute Gasteiger partial charge is 0.508 e. The van der Waals surface area contributed by atoms with Gasteiger partial charge in [-0.25, -0.2) is 4.39 Å². The monoisotopic (exact) mass is 183 g/mol. The van der Waals surface area contributed by atoms with Gasteiger partial charge < -0.3 is 10.8 Å². The molecular weight excluding hydrogens is 169 g/mol. The van der Waals surface area contributed by atoms with E-state index in [1.165, 1.54) is 6.92 Å². The van der Waals surface area contributed by atoms with E-state index >= 15 is 0 Å². The normalized spacial score (nSPS) is 15.3. The van der Waals surface area contributed by atoms with Gasteiger partial charge in [0.2, 0.25) is 0 Å². The fourth-order valence-corrected chi connectivity index (χ4v) is 1.12. The van der Waals surface area contributed by atoms with Crippen molar-refractivity contribution in [3.05, 3.63) is 29.8 Å². The molecule has 0 heterocycles. The molecule has 3 N–H and O–H groups in total. The number of halogens is 1. The van der Waals surface area contributed by atoms with Crippen LogP contribution in [0.5, 0.6) is 5.75 Å². The summed E-state index contributed by atoms with van der Waals surface area (Å²) in [7, 11) is 0. The molecule has 0 bridgehead atoms. The summed E-state index contributed by atoms with van der Waals surface area (Å²) in [4.78, 5) is 0. The van der Waals surface area contributed by atoms with Crippen LogP contribution >= 0.6 is 0 Å². The highest BCUT2D eigenvalue weighted by molar-refractivity contribution is 5.27. The smallest absolute Gasteiger partial charge is 0.115 e. The number of benzene rings is 1. The molecule has 0 aromatic heterocycles. The SMILES string of the molecule is CC(F)C(N)Cc1cccc(O)c1. The molecule has 1 aromatic rings. The maximum absolute atomic E-state index is 12.7. The maximum atomic E-state index is 12.7. The zero-order valence-electron chi connectivity index (χ0n) is 7.57. The minimum atomic E-state index is -1.03. The Hall–Kier alpha value is -1.09. The highest BCUT2D eigenvalue weighted by Crippen LogP contribution is 2.13. The van der Waals surface area contributed by atoms with E-state index in [1.54, 1.807) is 18.2 Å². The van der Waals surface area contributed by atoms with Crippen LogP contribution in [0, 0.1) is 0 Å². The van der Waals surface area contributed by atoms with E-state index in [2.05, 4.69) is 0 Å². The van der Waals surface area contributed by atoms with Gasteiger partial charge in [0.1, 0.15) is 11.9 Å². The minimum Gasteiger partial charge on any atom is -0.508 e. The average Bonchev–Trinajstić information content (AvgIpc) is 2.04. The van der Waals surface area contributed by atoms with Crippen molar-refractivity contribution in [2.45, 2.75) is 25.6 Å². The van der Waals surface area contributed by atoms with Gasteiger partial charge in [0, 0.05) is 6.04 Å². The predicted octanol–water partition coefficient (Wildman–Crippen LogP) is 1.62. The molecule has 0 aliphatic rings. The van der Waals surface area contributed by atoms with Gasteiger partial charge in [0.15, 0.2) is 0 Å². The van der Waals surface area contributed by atoms with Crippen molar-refractivity contribution in [2.24, 2.45) is 5.73 Å². The van der Waals surface area contributed by atoms with E-state index in [1.807, 2.05) is 6.07 Å². The van der Waals surface area contributed by atoms with Crippen LogP contribution in [0.1, 0.15) is 12.5 Å². The summed E-state index contributed by atoms with van der Waals surface area (Å²) in [6.07, 6.45) is -0.575. The number of nitrogens with two attached hydrogens (primary N) is 1. The Kier molecular flexibility index (Phi) is 3.25. The van der Waals surface area contributed by atoms with Gasteiger partial charge in [-0.3, -0.25) is 0 Å². The standard InChI is InChI=1S/C10H14FNO/c1-7(11)10(12)6-8-3-2-4-9(13)5-8/h2-5,7,10,13H,6,12H2,1H3. The molecule has 13 heavy (non-hydrogen) atoms. The molecule has 72 valence electrons. The lowest BCUT2D eigenvalue weighted by Gasteiger charge is -2.12. The molecule has 1 rings (SSSR count). The van der Waals surface area contributed by atoms with Crippen molar-refractivity contribution in [2.75, 3.05) is 0 Å². The Morgan fingerprint density at radius 1 is 1.54 bits per heavy atom. The molecule has 0 aliphatic carbocycles. The molecule has 0 spiro atoms. The molecule has 0 fully saturated rings. The van der Waals surface area contributed by atoms with Crippen molar-refractivity contribution in [3.8, 4) is 5.75 Å². The van der Waals surface area contributed by atoms with E-state index in [4.69, 9.17) is 10.8 Å². The Labute approximate surface area is 77.2 Å². The van der Waals surface area contributed by atoms with E-state index in [-0.39, 0.29) is 5.75 Å². The highest BCUT2D eigenvalue weighted by Gasteiger charge is 2.11. The molecule has 3 heteroatoms. The Bertz CT molecular complexity index is 275. The first-order chi connectivity index (χ1) is 6.09. The first kappa shape index (κ1) is 9.99. The van der Waals surface area contributed by atoms with E-state index in [0.29, 0.717) is 6.42 Å². The van der Waals surface area contributed by atoms with Crippen molar-refractivity contribution in [1.29, 1.82) is 0 Å². The molecule has 0 radical (unpaired) electrons. The lowest BCUT2D eigenvalue weighted by atomic mass is 10.0. The molecule has 2 atom stereocenters. The van der Waals surface area contributed by atoms with Crippen LogP contribution in [0.4, 0.5) is 4.39 Å². The molecule has 1 aromatic carbocycles. The van der Waals surface area contributed by atoms with Crippen molar-refractivity contribution in [1.82, 2.24) is 0 Å². The first-order valence-electron chi connectivity index (χ1n) is 4.27. The Balaban J connectivity index is 2.64. The van der Waals surface area contributed by atoms with Crippen LogP contribution in [-0.2, 0) is 6.42 Å². The molecule has 0 saturated carbocycles. The zero-order chi connectivity index (χ0) is 9.84. The second kappa shape index (κ2) is 4.23. The van der Waals surface area contributed by atoms with Crippen LogP contribution in [0.25, 0.3) is 0 Å². The van der Waals surface area contributed by atoms with Gasteiger partial charge in [-0.05, 0) is 31.0 Å². The lowest BCUT2D eigenvalue weighted by Crippen LogP contribution is -2.31. The fraction of sp³-hybridized carbons (Fsp3) is 0.400. The quantitative estimate of drug-likeness (QED) is 0.748. The van der Waals surface area contributed by atoms with Crippen molar-refractivity contribution >= 4 is 0 Å². The van der Waals surface area contributed by atoms with Crippen LogP contribution in [0.2, 0.25) is 0 Å². The molecule has 0 aliphatic heterocycles. The van der Waals surface area contributed by atoms with E-state index in [9.17, 15) is 4.39 Å². The summed E-state index contributed by atoms with van der Waals surface area (Å²) in [6, 6.07) is 6.22. The van der Waals surface area contributed by atoms with Crippen LogP contribution < -0.4 is 5.73 Å². The summed E-state index contributed by atoms with van der Waals surface area (Å²) in [5.41, 5.74) is 6.40. The third kappa shape index (κ3) is 3.03. The third-order valence-corrected chi connectivity index (χ3v) is 1.97. The number of phenolic OH excluding ortho intramolecular Hbond substituents is 1. The Morgan fingerprint density at radius 3 is 2.77 bits per heavy atom. The minimum absolute atomic E-state index is 0.191. The van der Waals surface area contributed by atoms with Gasteiger partial charge in [-0.1, -0.05) is 12.1 Å². The maximum Gasteiger partial charge on any atom is 0.115 e. The number of rotatable bonds is 3. The summed E-state index contributed by atoms with van der Waals surface area (Å²) >= 11 is 0. The topological polar surface area (TPSA) is 46.2 Å². The summed E-state index contributed by atoms with van der Waals surface area (Å²) in [6.45, 7) is 1.44. The second-order valence-electron chi connectivity index (χ2n) is 3.22. The number of alkyl halides is 1. The number of phenols is 1. The molecule has 0 amide bonds. The fourth-order valence-electron chi connectivity index (χ4n) is 1.12. The van der Waals surface area contributed by atoms with Crippen LogP contribution in [0.3, 0.4) is 0 Å². The van der Waals surface area contributed by atoms with Gasteiger partial charge in [-0.2, -0.15) is 0 Å². The average molecular weight is 183 g/mol. The summed E-state index contributed by atoms with van der Waals surface area (Å²) in [5, 5.41) is 9.13. The van der Waals surface area contributed by atoms with Gasteiger partial charge >= 0.3 is 0 Å². The van der Waals surface area contributed by atoms with Crippen LogP contribution in [-0.4, -0.2) is 17.3 Å².